The molecule has 4 rings (SSSR count). The number of nitrogens with one attached hydrogen (secondary N) is 1. The molecule has 2 aromatic carbocycles. The molecule has 6 heteroatoms. The number of carbonyl (C=O) groups excluding carboxylic acids is 1. The lowest BCUT2D eigenvalue weighted by atomic mass is 10.1. The summed E-state index contributed by atoms with van der Waals surface area (Å²) in [7, 11) is 0. The van der Waals surface area contributed by atoms with Crippen molar-refractivity contribution in [2.45, 2.75) is 19.4 Å². The predicted molar refractivity (Wildman–Crippen MR) is 116 cm³/mol. The Kier molecular flexibility index (Phi) is 5.94. The van der Waals surface area contributed by atoms with E-state index in [9.17, 15) is 9.59 Å². The SMILES string of the molecule is O=C(Cc1nn(Cc2ccccc2)c(=O)c2ccccc12)NCCc1ccccn1. The quantitative estimate of drug-likeness (QED) is 0.519. The zero-order chi connectivity index (χ0) is 20.8. The van der Waals surface area contributed by atoms with Gasteiger partial charge >= 0.3 is 0 Å². The van der Waals surface area contributed by atoms with Gasteiger partial charge in [0.2, 0.25) is 5.91 Å². The standard InChI is InChI=1S/C24H22N4O2/c29-23(26-15-13-19-10-6-7-14-25-19)16-22-20-11-4-5-12-21(20)24(30)28(27-22)17-18-8-2-1-3-9-18/h1-12,14H,13,15-17H2,(H,26,29). The van der Waals surface area contributed by atoms with Gasteiger partial charge in [0.15, 0.2) is 0 Å². The average molecular weight is 398 g/mol. The molecule has 2 aromatic heterocycles. The van der Waals surface area contributed by atoms with Crippen LogP contribution in [0.1, 0.15) is 17.0 Å². The molecule has 6 nitrogen and oxygen atoms in total. The highest BCUT2D eigenvalue weighted by molar-refractivity contribution is 5.88. The van der Waals surface area contributed by atoms with Crippen LogP contribution in [0.25, 0.3) is 10.8 Å². The summed E-state index contributed by atoms with van der Waals surface area (Å²) in [6.45, 7) is 0.857. The first-order valence-electron chi connectivity index (χ1n) is 9.90. The lowest BCUT2D eigenvalue weighted by molar-refractivity contribution is -0.120. The number of hydrogen-bond acceptors (Lipinski definition) is 4. The summed E-state index contributed by atoms with van der Waals surface area (Å²) in [4.78, 5) is 29.7. The van der Waals surface area contributed by atoms with Crippen LogP contribution in [-0.2, 0) is 24.2 Å². The van der Waals surface area contributed by atoms with Crippen molar-refractivity contribution in [1.82, 2.24) is 20.1 Å². The summed E-state index contributed by atoms with van der Waals surface area (Å²) in [5.74, 6) is -0.131. The number of carbonyl (C=O) groups is 1. The number of amides is 1. The summed E-state index contributed by atoms with van der Waals surface area (Å²) in [5, 5.41) is 8.74. The molecule has 30 heavy (non-hydrogen) atoms. The fourth-order valence-corrected chi connectivity index (χ4v) is 3.39. The van der Waals surface area contributed by atoms with Crippen molar-refractivity contribution in [3.8, 4) is 0 Å². The van der Waals surface area contributed by atoms with E-state index in [0.29, 0.717) is 36.0 Å². The number of fused-ring (bicyclic) bond motifs is 1. The first kappa shape index (κ1) is 19.5. The van der Waals surface area contributed by atoms with Crippen LogP contribution in [-0.4, -0.2) is 27.2 Å². The van der Waals surface area contributed by atoms with Crippen LogP contribution in [0.5, 0.6) is 0 Å². The van der Waals surface area contributed by atoms with Crippen molar-refractivity contribution in [3.05, 3.63) is 106 Å². The first-order chi connectivity index (χ1) is 14.7. The fourth-order valence-electron chi connectivity index (χ4n) is 3.39. The maximum Gasteiger partial charge on any atom is 0.274 e. The Bertz CT molecular complexity index is 1200. The zero-order valence-electron chi connectivity index (χ0n) is 16.5. The van der Waals surface area contributed by atoms with Crippen LogP contribution >= 0.6 is 0 Å². The molecule has 1 N–H and O–H groups in total. The first-order valence-corrected chi connectivity index (χ1v) is 9.90. The number of rotatable bonds is 7. The second kappa shape index (κ2) is 9.13. The Balaban J connectivity index is 1.54. The molecule has 1 amide bonds. The van der Waals surface area contributed by atoms with Crippen molar-refractivity contribution in [2.24, 2.45) is 0 Å². The van der Waals surface area contributed by atoms with Crippen molar-refractivity contribution >= 4 is 16.7 Å². The van der Waals surface area contributed by atoms with Gasteiger partial charge in [-0.3, -0.25) is 14.6 Å². The second-order valence-electron chi connectivity index (χ2n) is 7.04. The van der Waals surface area contributed by atoms with Crippen molar-refractivity contribution in [1.29, 1.82) is 0 Å². The molecule has 0 fully saturated rings. The number of hydrogen-bond donors (Lipinski definition) is 1. The monoisotopic (exact) mass is 398 g/mol. The van der Waals surface area contributed by atoms with Crippen LogP contribution in [0, 0.1) is 0 Å². The van der Waals surface area contributed by atoms with Gasteiger partial charge in [-0.2, -0.15) is 5.10 Å². The molecule has 0 spiro atoms. The number of aromatic nitrogens is 3. The van der Waals surface area contributed by atoms with Crippen LogP contribution in [0.3, 0.4) is 0 Å². The predicted octanol–water partition coefficient (Wildman–Crippen LogP) is 2.74. The Morgan fingerprint density at radius 1 is 0.900 bits per heavy atom. The molecule has 0 unspecified atom stereocenters. The lowest BCUT2D eigenvalue weighted by Crippen LogP contribution is -2.30. The molecular weight excluding hydrogens is 376 g/mol. The van der Waals surface area contributed by atoms with E-state index in [1.807, 2.05) is 66.7 Å². The van der Waals surface area contributed by atoms with Crippen molar-refractivity contribution in [2.75, 3.05) is 6.54 Å². The average Bonchev–Trinajstić information content (AvgIpc) is 2.78. The van der Waals surface area contributed by atoms with Crippen molar-refractivity contribution in [3.63, 3.8) is 0 Å². The summed E-state index contributed by atoms with van der Waals surface area (Å²) < 4.78 is 1.44. The molecule has 0 atom stereocenters. The van der Waals surface area contributed by atoms with E-state index >= 15 is 0 Å². The molecule has 2 heterocycles. The molecule has 0 aliphatic rings. The van der Waals surface area contributed by atoms with Gasteiger partial charge in [0.05, 0.1) is 24.0 Å². The molecular formula is C24H22N4O2. The summed E-state index contributed by atoms with van der Waals surface area (Å²) >= 11 is 0. The van der Waals surface area contributed by atoms with Crippen LogP contribution < -0.4 is 10.9 Å². The number of nitrogens with zero attached hydrogens (tertiary/aromatic N) is 3. The van der Waals surface area contributed by atoms with E-state index in [1.165, 1.54) is 4.68 Å². The van der Waals surface area contributed by atoms with Gasteiger partial charge in [-0.15, -0.1) is 0 Å². The number of pyridine rings is 1. The third kappa shape index (κ3) is 4.60. The van der Waals surface area contributed by atoms with E-state index in [2.05, 4.69) is 15.4 Å². The van der Waals surface area contributed by atoms with Crippen molar-refractivity contribution < 1.29 is 4.79 Å². The Labute approximate surface area is 174 Å². The smallest absolute Gasteiger partial charge is 0.274 e. The molecule has 0 bridgehead atoms. The highest BCUT2D eigenvalue weighted by Crippen LogP contribution is 2.14. The van der Waals surface area contributed by atoms with Crippen LogP contribution in [0.4, 0.5) is 0 Å². The maximum atomic E-state index is 12.9. The minimum atomic E-state index is -0.159. The Morgan fingerprint density at radius 3 is 2.40 bits per heavy atom. The third-order valence-electron chi connectivity index (χ3n) is 4.88. The summed E-state index contributed by atoms with van der Waals surface area (Å²) in [6, 6.07) is 22.7. The molecule has 0 aliphatic carbocycles. The van der Waals surface area contributed by atoms with Crippen LogP contribution in [0.15, 0.2) is 83.8 Å². The highest BCUT2D eigenvalue weighted by Gasteiger charge is 2.14. The minimum Gasteiger partial charge on any atom is -0.355 e. The molecule has 4 aromatic rings. The van der Waals surface area contributed by atoms with Gasteiger partial charge in [0.1, 0.15) is 0 Å². The zero-order valence-corrected chi connectivity index (χ0v) is 16.5. The van der Waals surface area contributed by atoms with Gasteiger partial charge in [-0.05, 0) is 23.8 Å². The topological polar surface area (TPSA) is 76.9 Å². The second-order valence-corrected chi connectivity index (χ2v) is 7.04. The third-order valence-corrected chi connectivity index (χ3v) is 4.88. The number of benzene rings is 2. The maximum absolute atomic E-state index is 12.9. The highest BCUT2D eigenvalue weighted by atomic mass is 16.1. The molecule has 150 valence electrons. The minimum absolute atomic E-state index is 0.109. The summed E-state index contributed by atoms with van der Waals surface area (Å²) in [5.41, 5.74) is 2.34. The van der Waals surface area contributed by atoms with E-state index in [4.69, 9.17) is 0 Å². The molecule has 0 saturated heterocycles. The van der Waals surface area contributed by atoms with E-state index in [1.54, 1.807) is 12.3 Å². The van der Waals surface area contributed by atoms with E-state index in [0.717, 1.165) is 11.3 Å². The largest absolute Gasteiger partial charge is 0.355 e. The van der Waals surface area contributed by atoms with E-state index in [-0.39, 0.29) is 17.9 Å². The Hall–Kier alpha value is -3.80. The van der Waals surface area contributed by atoms with Gasteiger partial charge in [-0.25, -0.2) is 4.68 Å². The molecule has 0 aliphatic heterocycles. The summed E-state index contributed by atoms with van der Waals surface area (Å²) in [6.07, 6.45) is 2.51. The lowest BCUT2D eigenvalue weighted by Gasteiger charge is -2.11. The molecule has 0 saturated carbocycles. The normalized spacial score (nSPS) is 10.8. The van der Waals surface area contributed by atoms with E-state index < -0.39 is 0 Å². The van der Waals surface area contributed by atoms with Gasteiger partial charge in [0, 0.05) is 30.2 Å². The van der Waals surface area contributed by atoms with Gasteiger partial charge in [0.25, 0.3) is 5.56 Å². The van der Waals surface area contributed by atoms with Gasteiger partial charge in [-0.1, -0.05) is 54.6 Å². The Morgan fingerprint density at radius 2 is 1.63 bits per heavy atom. The molecule has 0 radical (unpaired) electrons. The fraction of sp³-hybridized carbons (Fsp3) is 0.167. The van der Waals surface area contributed by atoms with Gasteiger partial charge < -0.3 is 5.32 Å². The van der Waals surface area contributed by atoms with Crippen LogP contribution in [0.2, 0.25) is 0 Å².